The molecule has 0 radical (unpaired) electrons. The average Bonchev–Trinajstić information content (AvgIpc) is 1.69. The predicted molar refractivity (Wildman–Crippen MR) is 26.7 cm³/mol. The van der Waals surface area contributed by atoms with Gasteiger partial charge in [-0.2, -0.15) is 0 Å². The molecule has 1 saturated heterocycles. The van der Waals surface area contributed by atoms with Crippen LogP contribution >= 0.6 is 0 Å². The van der Waals surface area contributed by atoms with Crippen LogP contribution in [0.15, 0.2) is 0 Å². The quantitative estimate of drug-likeness (QED) is 0.436. The van der Waals surface area contributed by atoms with E-state index in [2.05, 4.69) is 5.73 Å². The summed E-state index contributed by atoms with van der Waals surface area (Å²) in [6.07, 6.45) is 2.45. The first-order chi connectivity index (χ1) is 3.39. The third-order valence-corrected chi connectivity index (χ3v) is 1.25. The van der Waals surface area contributed by atoms with E-state index in [1.165, 1.54) is 12.8 Å². The lowest BCUT2D eigenvalue weighted by Gasteiger charge is -2.13. The van der Waals surface area contributed by atoms with E-state index < -0.39 is 0 Å². The molecular formula is C5H12NO+. The molecule has 2 nitrogen and oxygen atoms in total. The average molecular weight is 102 g/mol. The van der Waals surface area contributed by atoms with Crippen LogP contribution in [-0.4, -0.2) is 19.3 Å². The summed E-state index contributed by atoms with van der Waals surface area (Å²) in [5.74, 6) is 0. The van der Waals surface area contributed by atoms with Crippen LogP contribution in [0.1, 0.15) is 12.8 Å². The first-order valence-electron chi connectivity index (χ1n) is 2.80. The molecule has 0 spiro atoms. The van der Waals surface area contributed by atoms with Gasteiger partial charge in [-0.05, 0) is 6.42 Å². The maximum absolute atomic E-state index is 5.12. The molecule has 0 aromatic rings. The number of hydrogen-bond acceptors (Lipinski definition) is 1. The Hall–Kier alpha value is -0.0800. The number of rotatable bonds is 0. The van der Waals surface area contributed by atoms with Crippen LogP contribution in [0.3, 0.4) is 0 Å². The molecule has 0 unspecified atom stereocenters. The van der Waals surface area contributed by atoms with Gasteiger partial charge in [-0.1, -0.05) is 0 Å². The van der Waals surface area contributed by atoms with E-state index in [9.17, 15) is 0 Å². The van der Waals surface area contributed by atoms with E-state index in [1.54, 1.807) is 0 Å². The zero-order valence-electron chi connectivity index (χ0n) is 4.52. The van der Waals surface area contributed by atoms with Crippen molar-refractivity contribution >= 4 is 0 Å². The molecule has 0 amide bonds. The van der Waals surface area contributed by atoms with Crippen LogP contribution in [0.2, 0.25) is 0 Å². The van der Waals surface area contributed by atoms with Crippen molar-refractivity contribution in [3.8, 4) is 0 Å². The Balaban J connectivity index is 2.12. The molecule has 2 heteroatoms. The van der Waals surface area contributed by atoms with E-state index in [0.717, 1.165) is 13.2 Å². The van der Waals surface area contributed by atoms with E-state index in [1.807, 2.05) is 0 Å². The highest BCUT2D eigenvalue weighted by Crippen LogP contribution is 2.00. The van der Waals surface area contributed by atoms with Crippen LogP contribution in [-0.2, 0) is 4.74 Å². The van der Waals surface area contributed by atoms with Gasteiger partial charge in [0, 0.05) is 13.0 Å². The van der Waals surface area contributed by atoms with E-state index in [4.69, 9.17) is 4.74 Å². The van der Waals surface area contributed by atoms with Gasteiger partial charge in [0.2, 0.25) is 0 Å². The predicted octanol–water partition coefficient (Wildman–Crippen LogP) is -0.593. The summed E-state index contributed by atoms with van der Waals surface area (Å²) in [4.78, 5) is 0. The molecule has 1 heterocycles. The lowest BCUT2D eigenvalue weighted by Crippen LogP contribution is -2.64. The number of quaternary nitrogens is 1. The Labute approximate surface area is 43.6 Å². The Bertz CT molecular complexity index is 50.0. The molecule has 1 rings (SSSR count). The van der Waals surface area contributed by atoms with Crippen molar-refractivity contribution in [3.05, 3.63) is 0 Å². The Kier molecular flexibility index (Phi) is 1.65. The normalized spacial score (nSPS) is 33.0. The van der Waals surface area contributed by atoms with Gasteiger partial charge in [-0.3, -0.25) is 0 Å². The highest BCUT2D eigenvalue weighted by molar-refractivity contribution is 4.56. The summed E-state index contributed by atoms with van der Waals surface area (Å²) in [7, 11) is 0. The molecule has 1 aliphatic rings. The van der Waals surface area contributed by atoms with Crippen molar-refractivity contribution in [2.75, 3.05) is 13.2 Å². The van der Waals surface area contributed by atoms with Gasteiger partial charge < -0.3 is 10.5 Å². The zero-order valence-corrected chi connectivity index (χ0v) is 4.52. The summed E-state index contributed by atoms with van der Waals surface area (Å²) in [5.41, 5.74) is 3.87. The largest absolute Gasteiger partial charge is 0.375 e. The third kappa shape index (κ3) is 1.45. The minimum Gasteiger partial charge on any atom is -0.375 e. The van der Waals surface area contributed by atoms with E-state index >= 15 is 0 Å². The summed E-state index contributed by atoms with van der Waals surface area (Å²) in [5, 5.41) is 0. The van der Waals surface area contributed by atoms with E-state index in [-0.39, 0.29) is 0 Å². The van der Waals surface area contributed by atoms with Gasteiger partial charge >= 0.3 is 0 Å². The van der Waals surface area contributed by atoms with Gasteiger partial charge in [0.25, 0.3) is 0 Å². The smallest absolute Gasteiger partial charge is 0.108 e. The SMILES string of the molecule is [NH3+][C@H]1CCCOC1. The second-order valence-electron chi connectivity index (χ2n) is 2.08. The summed E-state index contributed by atoms with van der Waals surface area (Å²) < 4.78 is 5.12. The van der Waals surface area contributed by atoms with Crippen LogP contribution in [0.25, 0.3) is 0 Å². The Morgan fingerprint density at radius 2 is 2.43 bits per heavy atom. The summed E-state index contributed by atoms with van der Waals surface area (Å²) >= 11 is 0. The fourth-order valence-electron chi connectivity index (χ4n) is 0.807. The van der Waals surface area contributed by atoms with Crippen LogP contribution < -0.4 is 5.73 Å². The van der Waals surface area contributed by atoms with Crippen LogP contribution in [0, 0.1) is 0 Å². The second kappa shape index (κ2) is 2.28. The molecule has 0 bridgehead atoms. The monoisotopic (exact) mass is 102 g/mol. The zero-order chi connectivity index (χ0) is 5.11. The van der Waals surface area contributed by atoms with Crippen molar-refractivity contribution < 1.29 is 10.5 Å². The molecule has 3 N–H and O–H groups in total. The maximum Gasteiger partial charge on any atom is 0.108 e. The summed E-state index contributed by atoms with van der Waals surface area (Å²) in [6, 6.07) is 0.564. The molecule has 1 fully saturated rings. The van der Waals surface area contributed by atoms with Crippen LogP contribution in [0.5, 0.6) is 0 Å². The molecule has 0 aromatic carbocycles. The van der Waals surface area contributed by atoms with Gasteiger partial charge in [0.15, 0.2) is 0 Å². The molecule has 0 aromatic heterocycles. The van der Waals surface area contributed by atoms with Gasteiger partial charge in [-0.25, -0.2) is 0 Å². The third-order valence-electron chi connectivity index (χ3n) is 1.25. The minimum absolute atomic E-state index is 0.564. The fourth-order valence-corrected chi connectivity index (χ4v) is 0.807. The molecule has 42 valence electrons. The standard InChI is InChI=1S/C5H11NO/c6-5-2-1-3-7-4-5/h5H,1-4,6H2/p+1/t5-/m0/s1. The van der Waals surface area contributed by atoms with Gasteiger partial charge in [-0.15, -0.1) is 0 Å². The lowest BCUT2D eigenvalue weighted by atomic mass is 10.1. The fraction of sp³-hybridized carbons (Fsp3) is 1.00. The van der Waals surface area contributed by atoms with Crippen molar-refractivity contribution in [2.24, 2.45) is 0 Å². The lowest BCUT2D eigenvalue weighted by molar-refractivity contribution is -0.433. The molecule has 1 aliphatic heterocycles. The van der Waals surface area contributed by atoms with Crippen molar-refractivity contribution in [1.82, 2.24) is 0 Å². The Morgan fingerprint density at radius 3 is 2.71 bits per heavy atom. The molecule has 1 atom stereocenters. The maximum atomic E-state index is 5.12. The molecular weight excluding hydrogens is 90.1 g/mol. The van der Waals surface area contributed by atoms with Gasteiger partial charge in [0.1, 0.15) is 6.04 Å². The Morgan fingerprint density at radius 1 is 1.57 bits per heavy atom. The highest BCUT2D eigenvalue weighted by Gasteiger charge is 2.09. The number of ether oxygens (including phenoxy) is 1. The molecule has 7 heavy (non-hydrogen) atoms. The highest BCUT2D eigenvalue weighted by atomic mass is 16.5. The van der Waals surface area contributed by atoms with Crippen molar-refractivity contribution in [3.63, 3.8) is 0 Å². The first kappa shape index (κ1) is 5.06. The second-order valence-corrected chi connectivity index (χ2v) is 2.08. The minimum atomic E-state index is 0.564. The summed E-state index contributed by atoms with van der Waals surface area (Å²) in [6.45, 7) is 1.83. The first-order valence-corrected chi connectivity index (χ1v) is 2.80. The van der Waals surface area contributed by atoms with Crippen molar-refractivity contribution in [1.29, 1.82) is 0 Å². The van der Waals surface area contributed by atoms with E-state index in [0.29, 0.717) is 6.04 Å². The molecule has 0 aliphatic carbocycles. The topological polar surface area (TPSA) is 36.9 Å². The van der Waals surface area contributed by atoms with Crippen molar-refractivity contribution in [2.45, 2.75) is 18.9 Å². The number of hydrogen-bond donors (Lipinski definition) is 1. The van der Waals surface area contributed by atoms with Crippen LogP contribution in [0.4, 0.5) is 0 Å². The van der Waals surface area contributed by atoms with Gasteiger partial charge in [0.05, 0.1) is 6.61 Å². The molecule has 0 saturated carbocycles.